The number of nitrogens with zero attached hydrogens (tertiary/aromatic N) is 6. The number of carbonyl (C=O) groups is 1. The summed E-state index contributed by atoms with van der Waals surface area (Å²) in [5.41, 5.74) is 1.08. The first kappa shape index (κ1) is 21.3. The molecule has 0 N–H and O–H groups in total. The van der Waals surface area contributed by atoms with Crippen LogP contribution in [-0.2, 0) is 18.4 Å². The van der Waals surface area contributed by atoms with Crippen LogP contribution < -0.4 is 0 Å². The average molecular weight is 463 g/mol. The van der Waals surface area contributed by atoms with Gasteiger partial charge in [0.15, 0.2) is 0 Å². The summed E-state index contributed by atoms with van der Waals surface area (Å²) in [6.07, 6.45) is 0.504. The van der Waals surface area contributed by atoms with E-state index in [0.29, 0.717) is 12.2 Å². The highest BCUT2D eigenvalue weighted by molar-refractivity contribution is 7.99. The minimum Gasteiger partial charge on any atom is -0.340 e. The number of benzene rings is 1. The smallest absolute Gasteiger partial charge is 0.223 e. The molecule has 1 aromatic carbocycles. The van der Waals surface area contributed by atoms with Gasteiger partial charge in [0.05, 0.1) is 0 Å². The highest BCUT2D eigenvalue weighted by Crippen LogP contribution is 2.33. The third-order valence-electron chi connectivity index (χ3n) is 5.03. The lowest BCUT2D eigenvalue weighted by Crippen LogP contribution is -2.48. The van der Waals surface area contributed by atoms with Gasteiger partial charge in [-0.25, -0.2) is 4.68 Å². The first-order valence-corrected chi connectivity index (χ1v) is 12.0. The Morgan fingerprint density at radius 3 is 2.70 bits per heavy atom. The molecule has 10 heteroatoms. The fourth-order valence-corrected chi connectivity index (χ4v) is 5.54. The molecule has 0 radical (unpaired) electrons. The van der Waals surface area contributed by atoms with Crippen molar-refractivity contribution in [2.75, 3.05) is 31.9 Å². The van der Waals surface area contributed by atoms with Crippen LogP contribution in [0.25, 0.3) is 10.4 Å². The maximum atomic E-state index is 12.5. The number of thiophene rings is 1. The molecular weight excluding hydrogens is 440 g/mol. The van der Waals surface area contributed by atoms with Crippen LogP contribution in [0.15, 0.2) is 41.6 Å². The number of tetrazole rings is 1. The number of hydrogen-bond acceptors (Lipinski definition) is 7. The second-order valence-corrected chi connectivity index (χ2v) is 9.72. The Kier molecular flexibility index (Phi) is 7.04. The van der Waals surface area contributed by atoms with Gasteiger partial charge in [0, 0.05) is 72.3 Å². The molecule has 7 nitrogen and oxygen atoms in total. The van der Waals surface area contributed by atoms with E-state index in [-0.39, 0.29) is 5.91 Å². The van der Waals surface area contributed by atoms with Crippen molar-refractivity contribution in [1.29, 1.82) is 0 Å². The zero-order chi connectivity index (χ0) is 20.9. The number of rotatable bonds is 7. The van der Waals surface area contributed by atoms with Crippen LogP contribution in [0.5, 0.6) is 0 Å². The van der Waals surface area contributed by atoms with E-state index in [9.17, 15) is 4.79 Å². The fourth-order valence-electron chi connectivity index (χ4n) is 3.38. The number of aryl methyl sites for hydroxylation is 1. The highest BCUT2D eigenvalue weighted by atomic mass is 35.5. The summed E-state index contributed by atoms with van der Waals surface area (Å²) in [6, 6.07) is 12.3. The molecule has 0 saturated carbocycles. The van der Waals surface area contributed by atoms with Gasteiger partial charge in [-0.1, -0.05) is 41.6 Å². The van der Waals surface area contributed by atoms with E-state index in [4.69, 9.17) is 11.6 Å². The van der Waals surface area contributed by atoms with Crippen molar-refractivity contribution in [3.8, 4) is 10.4 Å². The van der Waals surface area contributed by atoms with Crippen LogP contribution in [0.1, 0.15) is 11.3 Å². The summed E-state index contributed by atoms with van der Waals surface area (Å²) in [5, 5.41) is 12.9. The van der Waals surface area contributed by atoms with Crippen molar-refractivity contribution < 1.29 is 4.79 Å². The lowest BCUT2D eigenvalue weighted by atomic mass is 10.2. The van der Waals surface area contributed by atoms with Gasteiger partial charge in [0.25, 0.3) is 0 Å². The second-order valence-electron chi connectivity index (χ2n) is 7.09. The third-order valence-corrected chi connectivity index (χ3v) is 7.48. The molecule has 0 unspecified atom stereocenters. The van der Waals surface area contributed by atoms with Crippen molar-refractivity contribution >= 4 is 40.6 Å². The van der Waals surface area contributed by atoms with Crippen LogP contribution in [0.4, 0.5) is 0 Å². The van der Waals surface area contributed by atoms with Gasteiger partial charge in [0.2, 0.25) is 11.1 Å². The third kappa shape index (κ3) is 5.21. The first-order chi connectivity index (χ1) is 14.6. The van der Waals surface area contributed by atoms with Crippen LogP contribution in [0, 0.1) is 0 Å². The highest BCUT2D eigenvalue weighted by Gasteiger charge is 2.21. The lowest BCUT2D eigenvalue weighted by Gasteiger charge is -2.34. The largest absolute Gasteiger partial charge is 0.340 e. The normalized spacial score (nSPS) is 14.9. The molecule has 1 fully saturated rings. The Hall–Kier alpha value is -1.94. The van der Waals surface area contributed by atoms with Crippen molar-refractivity contribution in [2.24, 2.45) is 7.05 Å². The minimum atomic E-state index is 0.203. The van der Waals surface area contributed by atoms with E-state index in [1.807, 2.05) is 23.1 Å². The standard InChI is InChI=1S/C20H23ClN6OS2/c1-25-20(22-23-24-25)29-13-8-19(28)27-11-9-26(10-12-27)14-15-6-7-18(30-15)16-4-2-3-5-17(16)21/h2-7H,8-14H2,1H3. The summed E-state index contributed by atoms with van der Waals surface area (Å²) in [7, 11) is 1.80. The fraction of sp³-hybridized carbons (Fsp3) is 0.400. The zero-order valence-corrected chi connectivity index (χ0v) is 19.1. The molecule has 0 aliphatic carbocycles. The predicted octanol–water partition coefficient (Wildman–Crippen LogP) is 3.42. The van der Waals surface area contributed by atoms with Crippen molar-refractivity contribution in [2.45, 2.75) is 18.1 Å². The molecule has 158 valence electrons. The number of carbonyl (C=O) groups excluding carboxylic acids is 1. The summed E-state index contributed by atoms with van der Waals surface area (Å²) < 4.78 is 1.62. The molecule has 4 rings (SSSR count). The Morgan fingerprint density at radius 2 is 1.97 bits per heavy atom. The Morgan fingerprint density at radius 1 is 1.17 bits per heavy atom. The predicted molar refractivity (Wildman–Crippen MR) is 121 cm³/mol. The molecule has 30 heavy (non-hydrogen) atoms. The van der Waals surface area contributed by atoms with Gasteiger partial charge in [-0.3, -0.25) is 9.69 Å². The van der Waals surface area contributed by atoms with Crippen LogP contribution in [0.3, 0.4) is 0 Å². The van der Waals surface area contributed by atoms with Gasteiger partial charge < -0.3 is 4.90 Å². The van der Waals surface area contributed by atoms with Crippen LogP contribution >= 0.6 is 34.7 Å². The molecule has 3 aromatic rings. The number of halogens is 1. The van der Waals surface area contributed by atoms with E-state index in [1.54, 1.807) is 23.1 Å². The topological polar surface area (TPSA) is 67.2 Å². The molecule has 1 aliphatic heterocycles. The lowest BCUT2D eigenvalue weighted by molar-refractivity contribution is -0.132. The van der Waals surface area contributed by atoms with E-state index in [0.717, 1.165) is 48.5 Å². The SMILES string of the molecule is Cn1nnnc1SCCC(=O)N1CCN(Cc2ccc(-c3ccccc3Cl)s2)CC1. The van der Waals surface area contributed by atoms with Gasteiger partial charge in [-0.05, 0) is 28.6 Å². The van der Waals surface area contributed by atoms with Crippen molar-refractivity contribution in [3.05, 3.63) is 46.3 Å². The van der Waals surface area contributed by atoms with E-state index in [1.165, 1.54) is 21.5 Å². The number of aromatic nitrogens is 4. The molecule has 0 atom stereocenters. The first-order valence-electron chi connectivity index (χ1n) is 9.79. The number of amides is 1. The molecular formula is C20H23ClN6OS2. The molecule has 1 amide bonds. The summed E-state index contributed by atoms with van der Waals surface area (Å²) in [6.45, 7) is 4.25. The average Bonchev–Trinajstić information content (AvgIpc) is 3.38. The van der Waals surface area contributed by atoms with E-state index < -0.39 is 0 Å². The zero-order valence-electron chi connectivity index (χ0n) is 16.7. The maximum absolute atomic E-state index is 12.5. The Bertz CT molecular complexity index is 999. The van der Waals surface area contributed by atoms with Gasteiger partial charge in [-0.2, -0.15) is 0 Å². The molecule has 2 aromatic heterocycles. The monoisotopic (exact) mass is 462 g/mol. The van der Waals surface area contributed by atoms with Crippen molar-refractivity contribution in [3.63, 3.8) is 0 Å². The number of piperazine rings is 1. The summed E-state index contributed by atoms with van der Waals surface area (Å²) >= 11 is 9.62. The number of hydrogen-bond donors (Lipinski definition) is 0. The van der Waals surface area contributed by atoms with Gasteiger partial charge in [-0.15, -0.1) is 16.4 Å². The number of thioether (sulfide) groups is 1. The molecule has 0 bridgehead atoms. The quantitative estimate of drug-likeness (QED) is 0.501. The summed E-state index contributed by atoms with van der Waals surface area (Å²) in [5.74, 6) is 0.891. The summed E-state index contributed by atoms with van der Waals surface area (Å²) in [4.78, 5) is 19.4. The molecule has 1 saturated heterocycles. The van der Waals surface area contributed by atoms with Gasteiger partial charge >= 0.3 is 0 Å². The van der Waals surface area contributed by atoms with Crippen molar-refractivity contribution in [1.82, 2.24) is 30.0 Å². The molecule has 0 spiro atoms. The van der Waals surface area contributed by atoms with Crippen LogP contribution in [0.2, 0.25) is 5.02 Å². The Labute approximate surface area is 189 Å². The van der Waals surface area contributed by atoms with E-state index in [2.05, 4.69) is 38.6 Å². The molecule has 1 aliphatic rings. The van der Waals surface area contributed by atoms with Crippen LogP contribution in [-0.4, -0.2) is 67.8 Å². The van der Waals surface area contributed by atoms with Gasteiger partial charge in [0.1, 0.15) is 0 Å². The minimum absolute atomic E-state index is 0.203. The maximum Gasteiger partial charge on any atom is 0.223 e. The molecule has 3 heterocycles. The van der Waals surface area contributed by atoms with E-state index >= 15 is 0 Å². The Balaban J connectivity index is 1.22. The second kappa shape index (κ2) is 9.91.